The molecule has 0 aliphatic carbocycles. The molecule has 8 heteroatoms. The van der Waals surface area contributed by atoms with Gasteiger partial charge in [-0.3, -0.25) is 0 Å². The van der Waals surface area contributed by atoms with Crippen LogP contribution in [0.25, 0.3) is 11.1 Å². The minimum absolute atomic E-state index is 0. The largest absolute Gasteiger partial charge is 1.00 e. The fraction of sp³-hybridized carbons (Fsp3) is 0. The molecule has 2 aromatic rings. The quantitative estimate of drug-likeness (QED) is 0.340. The van der Waals surface area contributed by atoms with Crippen molar-refractivity contribution in [3.8, 4) is 11.1 Å². The van der Waals surface area contributed by atoms with Crippen LogP contribution in [0.5, 0.6) is 0 Å². The van der Waals surface area contributed by atoms with Gasteiger partial charge in [-0.25, -0.2) is 8.42 Å². The van der Waals surface area contributed by atoms with Crippen molar-refractivity contribution in [1.29, 1.82) is 0 Å². The summed E-state index contributed by atoms with van der Waals surface area (Å²) in [6, 6.07) is 11.6. The van der Waals surface area contributed by atoms with E-state index in [-0.39, 0.29) is 74.6 Å². The van der Waals surface area contributed by atoms with E-state index in [1.165, 1.54) is 18.2 Å². The molecule has 2 aromatic carbocycles. The molecule has 0 heterocycles. The molecule has 20 heavy (non-hydrogen) atoms. The summed E-state index contributed by atoms with van der Waals surface area (Å²) in [5.41, 5.74) is 0.719. The Morgan fingerprint density at radius 1 is 1.00 bits per heavy atom. The second-order valence-electron chi connectivity index (χ2n) is 3.52. The molecule has 0 atom stereocenters. The smallest absolute Gasteiger partial charge is 0.745 e. The Bertz CT molecular complexity index is 688. The van der Waals surface area contributed by atoms with Crippen LogP contribution in [0.2, 0.25) is 10.0 Å². The van der Waals surface area contributed by atoms with E-state index in [4.69, 9.17) is 23.2 Å². The summed E-state index contributed by atoms with van der Waals surface area (Å²) >= 11 is 11.4. The van der Waals surface area contributed by atoms with E-state index in [0.29, 0.717) is 10.6 Å². The van der Waals surface area contributed by atoms with E-state index < -0.39 is 10.1 Å². The first kappa shape index (κ1) is 20.9. The van der Waals surface area contributed by atoms with Crippen molar-refractivity contribution in [2.75, 3.05) is 0 Å². The Morgan fingerprint density at radius 3 is 2.10 bits per heavy atom. The van der Waals surface area contributed by atoms with Crippen LogP contribution in [0.1, 0.15) is 0 Å². The third kappa shape index (κ3) is 5.29. The van der Waals surface area contributed by atoms with Crippen LogP contribution in [0.4, 0.5) is 0 Å². The predicted molar refractivity (Wildman–Crippen MR) is 68.7 cm³/mol. The molecule has 2 rings (SSSR count). The molecule has 0 bridgehead atoms. The number of rotatable bonds is 2. The van der Waals surface area contributed by atoms with E-state index in [1.54, 1.807) is 12.1 Å². The second kappa shape index (κ2) is 8.53. The van der Waals surface area contributed by atoms with Crippen molar-refractivity contribution >= 4 is 33.3 Å². The zero-order chi connectivity index (χ0) is 13.3. The average Bonchev–Trinajstić information content (AvgIpc) is 2.29. The van der Waals surface area contributed by atoms with Crippen molar-refractivity contribution in [2.24, 2.45) is 0 Å². The van der Waals surface area contributed by atoms with Gasteiger partial charge in [0.15, 0.2) is 0 Å². The molecule has 0 spiro atoms. The molecule has 94 valence electrons. The fourth-order valence-corrected chi connectivity index (χ4v) is 2.57. The van der Waals surface area contributed by atoms with Gasteiger partial charge in [-0.05, 0) is 11.1 Å². The van der Waals surface area contributed by atoms with Crippen molar-refractivity contribution in [2.45, 2.75) is 4.90 Å². The van der Waals surface area contributed by atoms with Crippen molar-refractivity contribution in [1.82, 2.24) is 0 Å². The summed E-state index contributed by atoms with van der Waals surface area (Å²) in [5.74, 6) is 0. The van der Waals surface area contributed by atoms with Gasteiger partial charge >= 0.3 is 59.1 Å². The normalized spacial score (nSPS) is 10.3. The van der Waals surface area contributed by atoms with Crippen LogP contribution in [0.3, 0.4) is 0 Å². The molecule has 0 aliphatic rings. The van der Waals surface area contributed by atoms with E-state index in [2.05, 4.69) is 6.07 Å². The van der Waals surface area contributed by atoms with Crippen LogP contribution in [-0.2, 0) is 10.1 Å². The number of hydrogen-bond donors (Lipinski definition) is 0. The van der Waals surface area contributed by atoms with Crippen LogP contribution in [-0.4, -0.2) is 13.0 Å². The van der Waals surface area contributed by atoms with Crippen LogP contribution < -0.4 is 59.1 Å². The van der Waals surface area contributed by atoms with Gasteiger partial charge in [0.05, 0.1) is 0 Å². The van der Waals surface area contributed by atoms with Gasteiger partial charge < -0.3 is 4.55 Å². The third-order valence-electron chi connectivity index (χ3n) is 2.28. The summed E-state index contributed by atoms with van der Waals surface area (Å²) in [6.07, 6.45) is 0. The molecular formula is C12H6Cl2Na2O3S. The van der Waals surface area contributed by atoms with Crippen molar-refractivity contribution in [3.05, 3.63) is 52.5 Å². The fourth-order valence-electron chi connectivity index (χ4n) is 1.50. The molecule has 0 radical (unpaired) electrons. The minimum Gasteiger partial charge on any atom is -0.745 e. The Hall–Kier alpha value is 0.930. The molecule has 0 amide bonds. The summed E-state index contributed by atoms with van der Waals surface area (Å²) in [5, 5.41) is 0.654. The van der Waals surface area contributed by atoms with E-state index in [9.17, 15) is 13.0 Å². The summed E-state index contributed by atoms with van der Waals surface area (Å²) in [4.78, 5) is -0.367. The first-order valence-corrected chi connectivity index (χ1v) is 6.97. The second-order valence-corrected chi connectivity index (χ2v) is 5.74. The summed E-state index contributed by atoms with van der Waals surface area (Å²) in [6.45, 7) is 0. The monoisotopic (exact) mass is 346 g/mol. The number of halogens is 2. The standard InChI is InChI=1S/C12H7Cl2O3S.2Na/c13-9-3-1-8(2-4-9)11-6-5-10(14)7-12(11)18(15,16)17;;/h1,3-7H,(H,15,16,17);;/q-1;2*+1/p-1. The maximum absolute atomic E-state index is 11.2. The topological polar surface area (TPSA) is 57.2 Å². The zero-order valence-corrected chi connectivity index (χ0v) is 17.2. The molecule has 0 N–H and O–H groups in total. The Labute approximate surface area is 172 Å². The van der Waals surface area contributed by atoms with Crippen LogP contribution >= 0.6 is 23.2 Å². The predicted octanol–water partition coefficient (Wildman–Crippen LogP) is -2.63. The van der Waals surface area contributed by atoms with Crippen LogP contribution in [0, 0.1) is 6.07 Å². The SMILES string of the molecule is O=S(=O)([O-])c1cc(Cl)ccc1-c1[c-]cc(Cl)cc1.[Na+].[Na+]. The molecular weight excluding hydrogens is 341 g/mol. The summed E-state index contributed by atoms with van der Waals surface area (Å²) < 4.78 is 33.6. The van der Waals surface area contributed by atoms with E-state index in [1.807, 2.05) is 0 Å². The first-order valence-electron chi connectivity index (χ1n) is 4.81. The molecule has 0 saturated carbocycles. The van der Waals surface area contributed by atoms with Crippen molar-refractivity contribution in [3.63, 3.8) is 0 Å². The maximum Gasteiger partial charge on any atom is 1.00 e. The molecule has 0 saturated heterocycles. The third-order valence-corrected chi connectivity index (χ3v) is 3.62. The minimum atomic E-state index is -4.60. The van der Waals surface area contributed by atoms with E-state index >= 15 is 0 Å². The average molecular weight is 347 g/mol. The number of hydrogen-bond acceptors (Lipinski definition) is 3. The Balaban J connectivity index is 0.00000180. The maximum atomic E-state index is 11.2. The van der Waals surface area contributed by atoms with Gasteiger partial charge in [-0.1, -0.05) is 29.3 Å². The molecule has 0 fully saturated rings. The van der Waals surface area contributed by atoms with Crippen LogP contribution in [0.15, 0.2) is 41.3 Å². The first-order chi connectivity index (χ1) is 8.38. The molecule has 0 unspecified atom stereocenters. The van der Waals surface area contributed by atoms with Gasteiger partial charge in [-0.2, -0.15) is 0 Å². The molecule has 3 nitrogen and oxygen atoms in total. The molecule has 0 aromatic heterocycles. The summed E-state index contributed by atoms with van der Waals surface area (Å²) in [7, 11) is -4.60. The van der Waals surface area contributed by atoms with Gasteiger partial charge in [0.2, 0.25) is 0 Å². The van der Waals surface area contributed by atoms with Crippen molar-refractivity contribution < 1.29 is 72.1 Å². The van der Waals surface area contributed by atoms with Gasteiger partial charge in [0, 0.05) is 9.92 Å². The van der Waals surface area contributed by atoms with Gasteiger partial charge in [0.25, 0.3) is 0 Å². The van der Waals surface area contributed by atoms with Gasteiger partial charge in [0.1, 0.15) is 10.1 Å². The Morgan fingerprint density at radius 2 is 1.60 bits per heavy atom. The number of benzene rings is 2. The molecule has 0 aliphatic heterocycles. The zero-order valence-electron chi connectivity index (χ0n) is 10.9. The Kier molecular flexibility index (Phi) is 8.93. The van der Waals surface area contributed by atoms with Gasteiger partial charge in [-0.15, -0.1) is 41.4 Å². The van der Waals surface area contributed by atoms with E-state index in [0.717, 1.165) is 6.07 Å².